The Morgan fingerprint density at radius 1 is 0.612 bits per heavy atom. The molecule has 0 bridgehead atoms. The lowest BCUT2D eigenvalue weighted by molar-refractivity contribution is 0.171. The molecular weight excluding hydrogens is 810 g/mol. The molecule has 5 aromatic carbocycles. The summed E-state index contributed by atoms with van der Waals surface area (Å²) in [7, 11) is 0. The summed E-state index contributed by atoms with van der Waals surface area (Å²) in [5.74, 6) is 0.637. The van der Waals surface area contributed by atoms with E-state index in [0.717, 1.165) is 25.7 Å². The Balaban J connectivity index is 1.05. The Hall–Kier alpha value is -6.52. The predicted octanol–water partition coefficient (Wildman–Crippen LogP) is 14.7. The third kappa shape index (κ3) is 6.61. The van der Waals surface area contributed by atoms with Gasteiger partial charge in [0.2, 0.25) is 0 Å². The van der Waals surface area contributed by atoms with E-state index >= 15 is 0 Å². The average Bonchev–Trinajstić information content (AvgIpc) is 3.68. The number of fused-ring (bicyclic) bond motifs is 7. The molecule has 0 saturated carbocycles. The summed E-state index contributed by atoms with van der Waals surface area (Å²) in [5.41, 5.74) is 21.3. The van der Waals surface area contributed by atoms with E-state index in [0.29, 0.717) is 11.8 Å². The summed E-state index contributed by atoms with van der Waals surface area (Å²) < 4.78 is 0. The standard InChI is InChI=1S/C63H62BN3/c1-61(2,3)44-33-31-42(32-34-44)46-19-8-13-24-52(46)66-56-28-17-12-23-50(56)64-51-36-35-45(65-54-26-15-10-21-48(54)49-22-11-16-27-55(49)65)41-59(51)67(58-30-18-29-57(66)60(58)64)53-25-14-9-20-47(53)43-37-39-63(7,40-38-43)62(4,5)6/h9-12,14-31,33-39,41-42,48,54H,8,13,32,40H2,1-7H3. The second-order valence-electron chi connectivity index (χ2n) is 22.1. The van der Waals surface area contributed by atoms with E-state index in [1.165, 1.54) is 89.7 Å². The van der Waals surface area contributed by atoms with Crippen LogP contribution in [0.5, 0.6) is 0 Å². The van der Waals surface area contributed by atoms with Crippen LogP contribution in [0.25, 0.3) is 5.57 Å². The molecule has 3 nitrogen and oxygen atoms in total. The lowest BCUT2D eigenvalue weighted by atomic mass is 9.33. The van der Waals surface area contributed by atoms with E-state index in [1.807, 2.05) is 0 Å². The Bertz CT molecular complexity index is 3120. The molecule has 0 amide bonds. The van der Waals surface area contributed by atoms with E-state index in [1.54, 1.807) is 0 Å². The van der Waals surface area contributed by atoms with E-state index in [-0.39, 0.29) is 29.0 Å². The van der Waals surface area contributed by atoms with Gasteiger partial charge in [0.15, 0.2) is 0 Å². The molecule has 4 aliphatic carbocycles. The first-order chi connectivity index (χ1) is 32.4. The van der Waals surface area contributed by atoms with Gasteiger partial charge >= 0.3 is 0 Å². The molecule has 332 valence electrons. The normalized spacial score (nSPS) is 23.4. The summed E-state index contributed by atoms with van der Waals surface area (Å²) in [6.07, 6.45) is 33.2. The van der Waals surface area contributed by atoms with Crippen molar-refractivity contribution in [1.29, 1.82) is 0 Å². The van der Waals surface area contributed by atoms with Gasteiger partial charge < -0.3 is 14.7 Å². The van der Waals surface area contributed by atoms with Crippen molar-refractivity contribution in [1.82, 2.24) is 0 Å². The van der Waals surface area contributed by atoms with Crippen molar-refractivity contribution in [2.24, 2.45) is 22.2 Å². The first-order valence-corrected chi connectivity index (χ1v) is 24.9. The number of nitrogens with zero attached hydrogens (tertiary/aromatic N) is 3. The number of allylic oxidation sites excluding steroid dienone is 13. The maximum Gasteiger partial charge on any atom is 0.252 e. The van der Waals surface area contributed by atoms with E-state index in [9.17, 15) is 0 Å². The van der Waals surface area contributed by atoms with Gasteiger partial charge in [-0.2, -0.15) is 0 Å². The zero-order valence-corrected chi connectivity index (χ0v) is 40.3. The van der Waals surface area contributed by atoms with E-state index < -0.39 is 0 Å². The quantitative estimate of drug-likeness (QED) is 0.160. The average molecular weight is 872 g/mol. The van der Waals surface area contributed by atoms with Crippen LogP contribution in [-0.2, 0) is 0 Å². The first kappa shape index (κ1) is 41.9. The highest BCUT2D eigenvalue weighted by molar-refractivity contribution is 7.00. The van der Waals surface area contributed by atoms with Crippen molar-refractivity contribution in [3.05, 3.63) is 210 Å². The molecular formula is C63H62BN3. The number of anilines is 7. The number of rotatable bonds is 5. The van der Waals surface area contributed by atoms with Gasteiger partial charge in [-0.3, -0.25) is 0 Å². The maximum atomic E-state index is 2.64. The van der Waals surface area contributed by atoms with Crippen LogP contribution < -0.4 is 31.1 Å². The fourth-order valence-corrected chi connectivity index (χ4v) is 12.2. The Kier molecular flexibility index (Phi) is 9.70. The highest BCUT2D eigenvalue weighted by atomic mass is 15.2. The van der Waals surface area contributed by atoms with Gasteiger partial charge in [-0.05, 0) is 123 Å². The molecule has 7 aliphatic rings. The van der Waals surface area contributed by atoms with E-state index in [2.05, 4.69) is 245 Å². The predicted molar refractivity (Wildman–Crippen MR) is 287 cm³/mol. The monoisotopic (exact) mass is 872 g/mol. The van der Waals surface area contributed by atoms with Crippen molar-refractivity contribution in [2.45, 2.75) is 86.1 Å². The van der Waals surface area contributed by atoms with Crippen molar-refractivity contribution in [3.63, 3.8) is 0 Å². The smallest absolute Gasteiger partial charge is 0.252 e. The van der Waals surface area contributed by atoms with Gasteiger partial charge in [-0.1, -0.05) is 188 Å². The van der Waals surface area contributed by atoms with Crippen LogP contribution in [0.3, 0.4) is 0 Å². The molecule has 12 rings (SSSR count). The Labute approximate surface area is 399 Å². The molecule has 0 spiro atoms. The molecule has 0 N–H and O–H groups in total. The third-order valence-corrected chi connectivity index (χ3v) is 16.4. The molecule has 67 heavy (non-hydrogen) atoms. The summed E-state index contributed by atoms with van der Waals surface area (Å²) in [5, 5.41) is 0. The molecule has 0 aromatic heterocycles. The molecule has 4 unspecified atom stereocenters. The topological polar surface area (TPSA) is 9.72 Å². The van der Waals surface area contributed by atoms with Crippen LogP contribution in [0.1, 0.15) is 91.2 Å². The number of benzene rings is 5. The molecule has 0 fully saturated rings. The van der Waals surface area contributed by atoms with Crippen LogP contribution in [-0.4, -0.2) is 12.8 Å². The van der Waals surface area contributed by atoms with Gasteiger partial charge in [-0.15, -0.1) is 0 Å². The van der Waals surface area contributed by atoms with Gasteiger partial charge in [0, 0.05) is 57.2 Å². The summed E-state index contributed by atoms with van der Waals surface area (Å²) in [4.78, 5) is 7.86. The molecule has 4 heteroatoms. The third-order valence-electron chi connectivity index (χ3n) is 16.4. The molecule has 0 radical (unpaired) electrons. The van der Waals surface area contributed by atoms with Gasteiger partial charge in [-0.25, -0.2) is 0 Å². The van der Waals surface area contributed by atoms with Crippen LogP contribution in [0.15, 0.2) is 199 Å². The summed E-state index contributed by atoms with van der Waals surface area (Å²) >= 11 is 0. The van der Waals surface area contributed by atoms with Crippen LogP contribution in [0.4, 0.5) is 39.8 Å². The van der Waals surface area contributed by atoms with Crippen LogP contribution >= 0.6 is 0 Å². The maximum absolute atomic E-state index is 2.64. The zero-order chi connectivity index (χ0) is 45.8. The minimum Gasteiger partial charge on any atom is -0.333 e. The van der Waals surface area contributed by atoms with Gasteiger partial charge in [0.1, 0.15) is 0 Å². The minimum absolute atomic E-state index is 0.0481. The van der Waals surface area contributed by atoms with Crippen molar-refractivity contribution in [3.8, 4) is 0 Å². The SMILES string of the molecule is CC(C)(C)C1=CCC(C2=CCCC=C2N2c3ccccc3B3c4ccc(N5c6ccccc6C6C=CC=CC65)cc4N(c4ccccc4C4=CCC(C)(C(C)(C)C)C=C4)c4cccc2c43)C=C1. The highest BCUT2D eigenvalue weighted by Crippen LogP contribution is 2.52. The number of para-hydroxylation sites is 3. The Morgan fingerprint density at radius 3 is 2.07 bits per heavy atom. The van der Waals surface area contributed by atoms with Crippen molar-refractivity contribution >= 4 is 68.5 Å². The lowest BCUT2D eigenvalue weighted by Crippen LogP contribution is -2.61. The summed E-state index contributed by atoms with van der Waals surface area (Å²) in [6, 6.07) is 42.2. The fourth-order valence-electron chi connectivity index (χ4n) is 12.2. The van der Waals surface area contributed by atoms with Gasteiger partial charge in [0.05, 0.1) is 11.7 Å². The largest absolute Gasteiger partial charge is 0.333 e. The summed E-state index contributed by atoms with van der Waals surface area (Å²) in [6.45, 7) is 16.6. The lowest BCUT2D eigenvalue weighted by Gasteiger charge is -2.46. The molecule has 5 aromatic rings. The zero-order valence-electron chi connectivity index (χ0n) is 40.3. The molecule has 0 saturated heterocycles. The van der Waals surface area contributed by atoms with Crippen molar-refractivity contribution in [2.75, 3.05) is 14.7 Å². The Morgan fingerprint density at radius 2 is 1.31 bits per heavy atom. The van der Waals surface area contributed by atoms with Crippen LogP contribution in [0.2, 0.25) is 0 Å². The second-order valence-corrected chi connectivity index (χ2v) is 22.1. The molecule has 4 atom stereocenters. The number of hydrogen-bond acceptors (Lipinski definition) is 3. The second kappa shape index (κ2) is 15.5. The highest BCUT2D eigenvalue weighted by Gasteiger charge is 2.46. The van der Waals surface area contributed by atoms with Crippen LogP contribution in [0, 0.1) is 22.2 Å². The molecule has 3 aliphatic heterocycles. The minimum atomic E-state index is 0.0481. The molecule has 3 heterocycles. The fraction of sp³-hybridized carbons (Fsp3) is 0.270. The van der Waals surface area contributed by atoms with E-state index in [4.69, 9.17) is 0 Å². The first-order valence-electron chi connectivity index (χ1n) is 24.9. The van der Waals surface area contributed by atoms with Crippen molar-refractivity contribution < 1.29 is 0 Å². The van der Waals surface area contributed by atoms with Gasteiger partial charge in [0.25, 0.3) is 6.71 Å². The number of hydrogen-bond donors (Lipinski definition) is 0.